The maximum Gasteiger partial charge on any atom is 0.349 e. The molecule has 24 heavy (non-hydrogen) atoms. The third kappa shape index (κ3) is 2.86. The van der Waals surface area contributed by atoms with E-state index in [2.05, 4.69) is 10.1 Å². The Kier molecular flexibility index (Phi) is 4.06. The van der Waals surface area contributed by atoms with Crippen molar-refractivity contribution in [2.75, 3.05) is 6.61 Å². The van der Waals surface area contributed by atoms with Crippen molar-refractivity contribution < 1.29 is 19.2 Å². The van der Waals surface area contributed by atoms with Crippen molar-refractivity contribution in [2.24, 2.45) is 0 Å². The number of esters is 1. The molecule has 2 aromatic heterocycles. The van der Waals surface area contributed by atoms with E-state index in [4.69, 9.17) is 9.47 Å². The Morgan fingerprint density at radius 2 is 2.25 bits per heavy atom. The van der Waals surface area contributed by atoms with Crippen LogP contribution in [0.2, 0.25) is 0 Å². The van der Waals surface area contributed by atoms with Gasteiger partial charge in [0, 0.05) is 24.5 Å². The summed E-state index contributed by atoms with van der Waals surface area (Å²) in [6.45, 7) is 1.95. The number of nitro groups is 1. The molecule has 0 N–H and O–H groups in total. The molecular formula is C15H12N4O5. The molecular weight excluding hydrogens is 316 g/mol. The lowest BCUT2D eigenvalue weighted by molar-refractivity contribution is -0.385. The molecule has 0 fully saturated rings. The average Bonchev–Trinajstić information content (AvgIpc) is 2.99. The van der Waals surface area contributed by atoms with Crippen LogP contribution >= 0.6 is 0 Å². The number of benzene rings is 1. The standard InChI is InChI=1S/C15H12N4O5/c1-2-23-13-8-10(4-5-12(13)19(21)22)24-15(20)11-9-17-18-7-3-6-16-14(11)18/h3-9H,2H2,1H3. The summed E-state index contributed by atoms with van der Waals surface area (Å²) in [7, 11) is 0. The summed E-state index contributed by atoms with van der Waals surface area (Å²) in [5.74, 6) is -0.505. The highest BCUT2D eigenvalue weighted by Gasteiger charge is 2.19. The van der Waals surface area contributed by atoms with E-state index in [1.165, 1.54) is 35.1 Å². The first-order valence-corrected chi connectivity index (χ1v) is 7.02. The second kappa shape index (κ2) is 6.32. The molecule has 0 atom stereocenters. The minimum absolute atomic E-state index is 0.0331. The zero-order valence-corrected chi connectivity index (χ0v) is 12.6. The fourth-order valence-corrected chi connectivity index (χ4v) is 2.11. The molecule has 3 rings (SSSR count). The minimum atomic E-state index is -0.667. The van der Waals surface area contributed by atoms with Crippen LogP contribution in [0.5, 0.6) is 11.5 Å². The third-order valence-electron chi connectivity index (χ3n) is 3.14. The first-order valence-electron chi connectivity index (χ1n) is 7.02. The second-order valence-corrected chi connectivity index (χ2v) is 4.66. The second-order valence-electron chi connectivity index (χ2n) is 4.66. The maximum atomic E-state index is 12.3. The summed E-state index contributed by atoms with van der Waals surface area (Å²) in [5, 5.41) is 15.0. The fourth-order valence-electron chi connectivity index (χ4n) is 2.11. The maximum absolute atomic E-state index is 12.3. The predicted molar refractivity (Wildman–Crippen MR) is 82.2 cm³/mol. The van der Waals surface area contributed by atoms with Gasteiger partial charge < -0.3 is 9.47 Å². The Labute approximate surface area is 135 Å². The van der Waals surface area contributed by atoms with Gasteiger partial charge in [-0.3, -0.25) is 10.1 Å². The molecule has 0 unspecified atom stereocenters. The van der Waals surface area contributed by atoms with E-state index in [1.807, 2.05) is 0 Å². The van der Waals surface area contributed by atoms with Gasteiger partial charge in [0.05, 0.1) is 17.7 Å². The van der Waals surface area contributed by atoms with Gasteiger partial charge in [-0.2, -0.15) is 5.10 Å². The molecule has 2 heterocycles. The third-order valence-corrected chi connectivity index (χ3v) is 3.14. The average molecular weight is 328 g/mol. The van der Waals surface area contributed by atoms with Crippen LogP contribution in [0.15, 0.2) is 42.9 Å². The quantitative estimate of drug-likeness (QED) is 0.306. The van der Waals surface area contributed by atoms with Gasteiger partial charge in [0.2, 0.25) is 5.75 Å². The van der Waals surface area contributed by atoms with Gasteiger partial charge in [-0.1, -0.05) is 0 Å². The van der Waals surface area contributed by atoms with Crippen LogP contribution in [-0.2, 0) is 0 Å². The molecule has 3 aromatic rings. The van der Waals surface area contributed by atoms with Crippen LogP contribution in [0.1, 0.15) is 17.3 Å². The van der Waals surface area contributed by atoms with Crippen LogP contribution in [0.25, 0.3) is 5.65 Å². The normalized spacial score (nSPS) is 10.5. The number of carbonyl (C=O) groups is 1. The Morgan fingerprint density at radius 3 is 3.00 bits per heavy atom. The molecule has 9 heteroatoms. The zero-order valence-electron chi connectivity index (χ0n) is 12.6. The monoisotopic (exact) mass is 328 g/mol. The van der Waals surface area contributed by atoms with Gasteiger partial charge in [0.15, 0.2) is 5.65 Å². The molecule has 0 bridgehead atoms. The van der Waals surface area contributed by atoms with E-state index >= 15 is 0 Å². The SMILES string of the molecule is CCOc1cc(OC(=O)c2cnn3cccnc23)ccc1[N+](=O)[O-]. The van der Waals surface area contributed by atoms with E-state index in [0.29, 0.717) is 5.65 Å². The summed E-state index contributed by atoms with van der Waals surface area (Å²) in [5.41, 5.74) is 0.343. The van der Waals surface area contributed by atoms with Gasteiger partial charge in [-0.15, -0.1) is 0 Å². The van der Waals surface area contributed by atoms with E-state index in [9.17, 15) is 14.9 Å². The molecule has 0 aliphatic rings. The number of carbonyl (C=O) groups excluding carboxylic acids is 1. The number of fused-ring (bicyclic) bond motifs is 1. The van der Waals surface area contributed by atoms with Crippen molar-refractivity contribution in [3.8, 4) is 11.5 Å². The number of rotatable bonds is 5. The van der Waals surface area contributed by atoms with Gasteiger partial charge >= 0.3 is 11.7 Å². The number of ether oxygens (including phenoxy) is 2. The number of nitro benzene ring substituents is 1. The lowest BCUT2D eigenvalue weighted by Gasteiger charge is -2.07. The van der Waals surface area contributed by atoms with Crippen molar-refractivity contribution in [3.05, 3.63) is 58.5 Å². The molecule has 9 nitrogen and oxygen atoms in total. The zero-order chi connectivity index (χ0) is 17.1. The molecule has 0 radical (unpaired) electrons. The molecule has 0 spiro atoms. The molecule has 0 amide bonds. The number of nitrogens with zero attached hydrogens (tertiary/aromatic N) is 4. The number of aromatic nitrogens is 3. The van der Waals surface area contributed by atoms with E-state index in [0.717, 1.165) is 0 Å². The van der Waals surface area contributed by atoms with Crippen molar-refractivity contribution in [1.82, 2.24) is 14.6 Å². The highest BCUT2D eigenvalue weighted by molar-refractivity contribution is 5.96. The highest BCUT2D eigenvalue weighted by atomic mass is 16.6. The fraction of sp³-hybridized carbons (Fsp3) is 0.133. The van der Waals surface area contributed by atoms with E-state index in [1.54, 1.807) is 19.2 Å². The number of hydrogen-bond acceptors (Lipinski definition) is 7. The van der Waals surface area contributed by atoms with Crippen LogP contribution < -0.4 is 9.47 Å². The molecule has 0 aliphatic heterocycles. The summed E-state index contributed by atoms with van der Waals surface area (Å²) < 4.78 is 11.9. The largest absolute Gasteiger partial charge is 0.487 e. The topological polar surface area (TPSA) is 109 Å². The lowest BCUT2D eigenvalue weighted by atomic mass is 10.2. The van der Waals surface area contributed by atoms with Crippen LogP contribution in [0.3, 0.4) is 0 Å². The molecule has 1 aromatic carbocycles. The van der Waals surface area contributed by atoms with Crippen LogP contribution in [-0.4, -0.2) is 32.1 Å². The number of hydrogen-bond donors (Lipinski definition) is 0. The van der Waals surface area contributed by atoms with Gasteiger partial charge in [0.1, 0.15) is 11.3 Å². The van der Waals surface area contributed by atoms with Crippen molar-refractivity contribution >= 4 is 17.3 Å². The van der Waals surface area contributed by atoms with Gasteiger partial charge in [-0.05, 0) is 19.1 Å². The molecule has 0 saturated heterocycles. The van der Waals surface area contributed by atoms with Gasteiger partial charge in [0.25, 0.3) is 0 Å². The summed E-state index contributed by atoms with van der Waals surface area (Å²) in [6, 6.07) is 5.54. The van der Waals surface area contributed by atoms with Crippen molar-refractivity contribution in [3.63, 3.8) is 0 Å². The summed E-state index contributed by atoms with van der Waals surface area (Å²) >= 11 is 0. The van der Waals surface area contributed by atoms with Crippen molar-refractivity contribution in [1.29, 1.82) is 0 Å². The summed E-state index contributed by atoms with van der Waals surface area (Å²) in [6.07, 6.45) is 4.53. The Balaban J connectivity index is 1.89. The van der Waals surface area contributed by atoms with Crippen LogP contribution in [0.4, 0.5) is 5.69 Å². The smallest absolute Gasteiger partial charge is 0.349 e. The molecule has 122 valence electrons. The van der Waals surface area contributed by atoms with E-state index in [-0.39, 0.29) is 29.4 Å². The lowest BCUT2D eigenvalue weighted by Crippen LogP contribution is -2.09. The predicted octanol–water partition coefficient (Wildman–Crippen LogP) is 2.26. The first kappa shape index (κ1) is 15.4. The molecule has 0 saturated carbocycles. The Morgan fingerprint density at radius 1 is 1.42 bits per heavy atom. The van der Waals surface area contributed by atoms with Crippen molar-refractivity contribution in [2.45, 2.75) is 6.92 Å². The first-order chi connectivity index (χ1) is 11.6. The highest BCUT2D eigenvalue weighted by Crippen LogP contribution is 2.31. The van der Waals surface area contributed by atoms with Crippen LogP contribution in [0, 0.1) is 10.1 Å². The van der Waals surface area contributed by atoms with E-state index < -0.39 is 10.9 Å². The summed E-state index contributed by atoms with van der Waals surface area (Å²) in [4.78, 5) is 26.8. The molecule has 0 aliphatic carbocycles. The Hall–Kier alpha value is -3.49. The van der Waals surface area contributed by atoms with Gasteiger partial charge in [-0.25, -0.2) is 14.3 Å². The minimum Gasteiger partial charge on any atom is -0.487 e. The Bertz CT molecular complexity index is 921.